The molecule has 6 heteroatoms. The number of oxime groups is 1. The Hall–Kier alpha value is -2.01. The van der Waals surface area contributed by atoms with Crippen LogP contribution < -0.4 is 0 Å². The van der Waals surface area contributed by atoms with Crippen molar-refractivity contribution in [3.8, 4) is 0 Å². The Kier molecular flexibility index (Phi) is 5.83. The molecule has 5 nitrogen and oxygen atoms in total. The van der Waals surface area contributed by atoms with Crippen molar-refractivity contribution in [2.24, 2.45) is 10.1 Å². The zero-order chi connectivity index (χ0) is 15.9. The lowest BCUT2D eigenvalue weighted by Gasteiger charge is -2.07. The first kappa shape index (κ1) is 16.4. The largest absolute Gasteiger partial charge is 0.396 e. The van der Waals surface area contributed by atoms with Gasteiger partial charge in [-0.1, -0.05) is 5.16 Å². The van der Waals surface area contributed by atoms with Crippen LogP contribution in [0, 0.1) is 0 Å². The first-order valence-corrected chi connectivity index (χ1v) is 7.70. The van der Waals surface area contributed by atoms with Crippen molar-refractivity contribution in [2.45, 2.75) is 13.5 Å². The molecule has 0 saturated heterocycles. The van der Waals surface area contributed by atoms with E-state index in [4.69, 9.17) is 16.4 Å². The van der Waals surface area contributed by atoms with Gasteiger partial charge in [-0.25, -0.2) is 4.99 Å². The molecule has 0 N–H and O–H groups in total. The number of halogens is 1. The van der Waals surface area contributed by atoms with Crippen LogP contribution in [0.15, 0.2) is 40.6 Å². The van der Waals surface area contributed by atoms with Crippen molar-refractivity contribution in [2.75, 3.05) is 26.6 Å². The number of hydrogen-bond donors (Lipinski definition) is 0. The number of aliphatic imine (C=N–C) groups is 1. The summed E-state index contributed by atoms with van der Waals surface area (Å²) in [5, 5.41) is 5.18. The maximum atomic E-state index is 5.92. The summed E-state index contributed by atoms with van der Waals surface area (Å²) in [6.07, 6.45) is 3.82. The molecule has 0 radical (unpaired) electrons. The Morgan fingerprint density at radius 1 is 1.36 bits per heavy atom. The maximum Gasteiger partial charge on any atom is 0.114 e. The number of fused-ring (bicyclic) bond motifs is 1. The van der Waals surface area contributed by atoms with E-state index in [1.165, 1.54) is 0 Å². The van der Waals surface area contributed by atoms with Crippen molar-refractivity contribution in [1.29, 1.82) is 0 Å². The van der Waals surface area contributed by atoms with E-state index in [0.29, 0.717) is 19.0 Å². The van der Waals surface area contributed by atoms with E-state index >= 15 is 0 Å². The standard InChI is InChI=1S/C16H21ClN4O/c1-4-22-19-15(10-17)11-21-8-7-13-9-14(5-6-16(13)21)18-12-20(2)3/h5-9,12H,4,10-11H2,1-3H3. The quantitative estimate of drug-likeness (QED) is 0.339. The van der Waals surface area contributed by atoms with Gasteiger partial charge in [-0.3, -0.25) is 0 Å². The first-order chi connectivity index (χ1) is 10.6. The normalized spacial score (nSPS) is 12.3. The second kappa shape index (κ2) is 7.84. The molecule has 0 bridgehead atoms. The Bertz CT molecular complexity index is 676. The summed E-state index contributed by atoms with van der Waals surface area (Å²) in [5.41, 5.74) is 2.85. The van der Waals surface area contributed by atoms with Gasteiger partial charge >= 0.3 is 0 Å². The molecular weight excluding hydrogens is 300 g/mol. The van der Waals surface area contributed by atoms with E-state index in [1.54, 1.807) is 6.34 Å². The molecule has 1 aromatic heterocycles. The SMILES string of the molecule is CCON=C(CCl)Cn1ccc2cc(N=CN(C)C)ccc21. The van der Waals surface area contributed by atoms with Crippen LogP contribution in [0.3, 0.4) is 0 Å². The average Bonchev–Trinajstić information content (AvgIpc) is 2.91. The van der Waals surface area contributed by atoms with Crippen molar-refractivity contribution in [3.63, 3.8) is 0 Å². The molecule has 2 rings (SSSR count). The molecule has 0 aliphatic carbocycles. The Morgan fingerprint density at radius 2 is 2.18 bits per heavy atom. The fraction of sp³-hybridized carbons (Fsp3) is 0.375. The van der Waals surface area contributed by atoms with Gasteiger partial charge in [0.15, 0.2) is 0 Å². The minimum atomic E-state index is 0.352. The van der Waals surface area contributed by atoms with Crippen LogP contribution in [0.5, 0.6) is 0 Å². The fourth-order valence-electron chi connectivity index (χ4n) is 2.04. The molecule has 22 heavy (non-hydrogen) atoms. The highest BCUT2D eigenvalue weighted by molar-refractivity contribution is 6.28. The van der Waals surface area contributed by atoms with E-state index < -0.39 is 0 Å². The second-order valence-electron chi connectivity index (χ2n) is 5.10. The van der Waals surface area contributed by atoms with E-state index in [0.717, 1.165) is 22.3 Å². The van der Waals surface area contributed by atoms with Crippen LogP contribution in [0.2, 0.25) is 0 Å². The van der Waals surface area contributed by atoms with E-state index in [9.17, 15) is 0 Å². The smallest absolute Gasteiger partial charge is 0.114 e. The number of aromatic nitrogens is 1. The van der Waals surface area contributed by atoms with E-state index in [2.05, 4.69) is 32.9 Å². The predicted octanol–water partition coefficient (Wildman–Crippen LogP) is 3.49. The van der Waals surface area contributed by atoms with Crippen molar-refractivity contribution < 1.29 is 4.84 Å². The fourth-order valence-corrected chi connectivity index (χ4v) is 2.17. The molecule has 1 aromatic carbocycles. The van der Waals surface area contributed by atoms with Gasteiger partial charge in [0.2, 0.25) is 0 Å². The molecular formula is C16H21ClN4O. The van der Waals surface area contributed by atoms with Gasteiger partial charge in [0.25, 0.3) is 0 Å². The van der Waals surface area contributed by atoms with Crippen LogP contribution in [-0.2, 0) is 11.4 Å². The Labute approximate surface area is 135 Å². The highest BCUT2D eigenvalue weighted by Gasteiger charge is 2.05. The van der Waals surface area contributed by atoms with Crippen LogP contribution in [0.1, 0.15) is 6.92 Å². The van der Waals surface area contributed by atoms with Crippen LogP contribution in [-0.4, -0.2) is 48.1 Å². The van der Waals surface area contributed by atoms with Crippen molar-refractivity contribution in [1.82, 2.24) is 9.47 Å². The number of benzene rings is 1. The zero-order valence-electron chi connectivity index (χ0n) is 13.2. The number of alkyl halides is 1. The van der Waals surface area contributed by atoms with Gasteiger partial charge in [0.1, 0.15) is 6.61 Å². The lowest BCUT2D eigenvalue weighted by molar-refractivity contribution is 0.158. The number of hydrogen-bond acceptors (Lipinski definition) is 3. The second-order valence-corrected chi connectivity index (χ2v) is 5.37. The van der Waals surface area contributed by atoms with E-state index in [-0.39, 0.29) is 0 Å². The van der Waals surface area contributed by atoms with Gasteiger partial charge in [0, 0.05) is 31.2 Å². The topological polar surface area (TPSA) is 42.1 Å². The lowest BCUT2D eigenvalue weighted by Crippen LogP contribution is -2.11. The molecule has 2 aromatic rings. The summed E-state index contributed by atoms with van der Waals surface area (Å²) < 4.78 is 2.11. The third kappa shape index (κ3) is 4.24. The Morgan fingerprint density at radius 3 is 2.86 bits per heavy atom. The van der Waals surface area contributed by atoms with Gasteiger partial charge in [-0.15, -0.1) is 11.6 Å². The van der Waals surface area contributed by atoms with Crippen LogP contribution in [0.25, 0.3) is 10.9 Å². The lowest BCUT2D eigenvalue weighted by atomic mass is 10.2. The molecule has 0 spiro atoms. The highest BCUT2D eigenvalue weighted by Crippen LogP contribution is 2.22. The van der Waals surface area contributed by atoms with E-state index in [1.807, 2.05) is 38.2 Å². The monoisotopic (exact) mass is 320 g/mol. The third-order valence-electron chi connectivity index (χ3n) is 3.02. The molecule has 0 aliphatic heterocycles. The van der Waals surface area contributed by atoms with Crippen LogP contribution >= 0.6 is 11.6 Å². The van der Waals surface area contributed by atoms with Gasteiger partial charge in [-0.05, 0) is 31.2 Å². The van der Waals surface area contributed by atoms with Crippen molar-refractivity contribution >= 4 is 40.2 Å². The number of rotatable bonds is 7. The van der Waals surface area contributed by atoms with Crippen LogP contribution in [0.4, 0.5) is 5.69 Å². The molecule has 0 unspecified atom stereocenters. The minimum Gasteiger partial charge on any atom is -0.396 e. The zero-order valence-corrected chi connectivity index (χ0v) is 13.9. The van der Waals surface area contributed by atoms with Crippen molar-refractivity contribution in [3.05, 3.63) is 30.5 Å². The molecule has 0 aliphatic rings. The van der Waals surface area contributed by atoms with Gasteiger partial charge in [-0.2, -0.15) is 0 Å². The summed E-state index contributed by atoms with van der Waals surface area (Å²) in [6.45, 7) is 3.06. The third-order valence-corrected chi connectivity index (χ3v) is 3.33. The average molecular weight is 321 g/mol. The molecule has 0 atom stereocenters. The van der Waals surface area contributed by atoms with Gasteiger partial charge in [0.05, 0.1) is 30.2 Å². The summed E-state index contributed by atoms with van der Waals surface area (Å²) in [6, 6.07) is 8.19. The number of nitrogens with zero attached hydrogens (tertiary/aromatic N) is 4. The summed E-state index contributed by atoms with van der Waals surface area (Å²) in [4.78, 5) is 11.4. The molecule has 0 fully saturated rings. The molecule has 1 heterocycles. The molecule has 0 amide bonds. The highest BCUT2D eigenvalue weighted by atomic mass is 35.5. The molecule has 0 saturated carbocycles. The van der Waals surface area contributed by atoms with Gasteiger partial charge < -0.3 is 14.3 Å². The molecule has 118 valence electrons. The summed E-state index contributed by atoms with van der Waals surface area (Å²) in [7, 11) is 3.90. The maximum absolute atomic E-state index is 5.92. The summed E-state index contributed by atoms with van der Waals surface area (Å²) >= 11 is 5.92. The predicted molar refractivity (Wildman–Crippen MR) is 93.6 cm³/mol. The Balaban J connectivity index is 2.22. The minimum absolute atomic E-state index is 0.352. The first-order valence-electron chi connectivity index (χ1n) is 7.17. The summed E-state index contributed by atoms with van der Waals surface area (Å²) in [5.74, 6) is 0.352.